The van der Waals surface area contributed by atoms with Crippen molar-refractivity contribution in [2.75, 3.05) is 40.4 Å². The smallest absolute Gasteiger partial charge is 0.419 e. The van der Waals surface area contributed by atoms with Crippen molar-refractivity contribution in [1.82, 2.24) is 14.4 Å². The highest BCUT2D eigenvalue weighted by Gasteiger charge is 2.30. The molecular weight excluding hydrogens is 529 g/mol. The van der Waals surface area contributed by atoms with Crippen LogP contribution in [0.2, 0.25) is 0 Å². The van der Waals surface area contributed by atoms with Crippen LogP contribution in [0.1, 0.15) is 39.1 Å². The van der Waals surface area contributed by atoms with Crippen LogP contribution in [0, 0.1) is 11.7 Å². The van der Waals surface area contributed by atoms with Crippen molar-refractivity contribution < 1.29 is 33.0 Å². The second-order valence-electron chi connectivity index (χ2n) is 9.60. The minimum atomic E-state index is -0.851. The SMILES string of the molecule is COc1cc2c(cc1C(=O)N1CCC(Cc3ccc(F)cc3)CC1)c(C(=O)C(=O)N(C)C)cn2C(=O)OCCl. The van der Waals surface area contributed by atoms with Gasteiger partial charge in [-0.1, -0.05) is 23.7 Å². The second kappa shape index (κ2) is 11.9. The Morgan fingerprint density at radius 3 is 2.31 bits per heavy atom. The lowest BCUT2D eigenvalue weighted by Crippen LogP contribution is -2.39. The number of hydrogen-bond donors (Lipinski definition) is 0. The standard InChI is InChI=1S/C28H29ClFN3O6/c1-31(2)27(36)25(34)22-15-33(28(37)39-16-29)23-14-24(38-3)21(13-20(22)23)26(35)32-10-8-18(9-11-32)12-17-4-6-19(30)7-5-17/h4-7,13-15,18H,8-12,16H2,1-3H3. The maximum Gasteiger partial charge on any atom is 0.419 e. The van der Waals surface area contributed by atoms with Crippen LogP contribution < -0.4 is 4.74 Å². The fraction of sp³-hybridized carbons (Fsp3) is 0.357. The highest BCUT2D eigenvalue weighted by atomic mass is 35.5. The van der Waals surface area contributed by atoms with Gasteiger partial charge >= 0.3 is 6.09 Å². The average Bonchev–Trinajstić information content (AvgIpc) is 3.31. The van der Waals surface area contributed by atoms with Gasteiger partial charge in [-0.05, 0) is 48.9 Å². The Bertz CT molecular complexity index is 1410. The molecule has 1 fully saturated rings. The number of piperidine rings is 1. The zero-order valence-corrected chi connectivity index (χ0v) is 22.7. The first-order valence-corrected chi connectivity index (χ1v) is 12.9. The van der Waals surface area contributed by atoms with Crippen molar-refractivity contribution in [2.24, 2.45) is 5.92 Å². The molecule has 206 valence electrons. The Morgan fingerprint density at radius 2 is 1.72 bits per heavy atom. The number of likely N-dealkylation sites (tertiary alicyclic amines) is 1. The monoisotopic (exact) mass is 557 g/mol. The number of carbonyl (C=O) groups excluding carboxylic acids is 4. The predicted molar refractivity (Wildman–Crippen MR) is 143 cm³/mol. The lowest BCUT2D eigenvalue weighted by molar-refractivity contribution is -0.124. The van der Waals surface area contributed by atoms with Crippen LogP contribution in [0.25, 0.3) is 10.9 Å². The Hall–Kier alpha value is -3.92. The van der Waals surface area contributed by atoms with E-state index in [9.17, 15) is 23.6 Å². The van der Waals surface area contributed by atoms with Crippen molar-refractivity contribution in [3.05, 3.63) is 65.1 Å². The Labute approximate surface area is 230 Å². The van der Waals surface area contributed by atoms with E-state index in [2.05, 4.69) is 0 Å². The number of methoxy groups -OCH3 is 1. The number of nitrogens with zero attached hydrogens (tertiary/aromatic N) is 3. The van der Waals surface area contributed by atoms with Crippen molar-refractivity contribution in [1.29, 1.82) is 0 Å². The summed E-state index contributed by atoms with van der Waals surface area (Å²) in [5.74, 6) is -1.63. The maximum atomic E-state index is 13.6. The minimum absolute atomic E-state index is 0.0510. The zero-order valence-electron chi connectivity index (χ0n) is 21.9. The summed E-state index contributed by atoms with van der Waals surface area (Å²) in [4.78, 5) is 54.5. The molecule has 1 aliphatic rings. The molecule has 2 heterocycles. The number of carbonyl (C=O) groups is 4. The summed E-state index contributed by atoms with van der Waals surface area (Å²) in [7, 11) is 4.29. The first-order chi connectivity index (χ1) is 18.6. The van der Waals surface area contributed by atoms with Gasteiger partial charge in [0.2, 0.25) is 0 Å². The molecule has 0 aliphatic carbocycles. The average molecular weight is 558 g/mol. The number of fused-ring (bicyclic) bond motifs is 1. The van der Waals surface area contributed by atoms with E-state index >= 15 is 0 Å². The van der Waals surface area contributed by atoms with Crippen LogP contribution in [0.3, 0.4) is 0 Å². The normalized spacial score (nSPS) is 13.8. The molecule has 2 aromatic carbocycles. The molecule has 1 saturated heterocycles. The molecule has 9 nitrogen and oxygen atoms in total. The van der Waals surface area contributed by atoms with Crippen LogP contribution in [0.5, 0.6) is 5.75 Å². The van der Waals surface area contributed by atoms with Crippen LogP contribution in [-0.4, -0.2) is 78.4 Å². The molecule has 0 N–H and O–H groups in total. The summed E-state index contributed by atoms with van der Waals surface area (Å²) in [6, 6.07) is 8.99. The third kappa shape index (κ3) is 5.90. The third-order valence-corrected chi connectivity index (χ3v) is 7.02. The van der Waals surface area contributed by atoms with E-state index in [1.165, 1.54) is 51.7 Å². The van der Waals surface area contributed by atoms with Crippen molar-refractivity contribution in [3.8, 4) is 5.75 Å². The van der Waals surface area contributed by atoms with E-state index in [1.54, 1.807) is 17.0 Å². The van der Waals surface area contributed by atoms with Gasteiger partial charge in [0.15, 0.2) is 6.07 Å². The lowest BCUT2D eigenvalue weighted by atomic mass is 9.90. The molecule has 0 unspecified atom stereocenters. The molecule has 0 saturated carbocycles. The summed E-state index contributed by atoms with van der Waals surface area (Å²) in [5, 5.41) is 0.233. The van der Waals surface area contributed by atoms with Gasteiger partial charge in [-0.15, -0.1) is 0 Å². The van der Waals surface area contributed by atoms with Crippen LogP contribution in [0.4, 0.5) is 9.18 Å². The Balaban J connectivity index is 1.64. The number of halogens is 2. The van der Waals surface area contributed by atoms with Crippen molar-refractivity contribution >= 4 is 46.2 Å². The first-order valence-electron chi connectivity index (χ1n) is 12.4. The van der Waals surface area contributed by atoms with Gasteiger partial charge in [-0.3, -0.25) is 19.0 Å². The largest absolute Gasteiger partial charge is 0.496 e. The fourth-order valence-corrected chi connectivity index (χ4v) is 4.91. The van der Waals surface area contributed by atoms with Crippen LogP contribution in [0.15, 0.2) is 42.6 Å². The number of Topliss-reactive ketones (excluding diaryl/α,β-unsaturated/α-hetero) is 1. The minimum Gasteiger partial charge on any atom is -0.496 e. The number of likely N-dealkylation sites (N-methyl/N-ethyl adjacent to an activating group) is 1. The summed E-state index contributed by atoms with van der Waals surface area (Å²) in [5.41, 5.74) is 1.43. The molecule has 0 atom stereocenters. The number of ketones is 1. The predicted octanol–water partition coefficient (Wildman–Crippen LogP) is 4.34. The first kappa shape index (κ1) is 28.1. The molecule has 11 heteroatoms. The van der Waals surface area contributed by atoms with E-state index in [0.29, 0.717) is 19.0 Å². The molecule has 0 spiro atoms. The van der Waals surface area contributed by atoms with Crippen LogP contribution in [-0.2, 0) is 16.0 Å². The summed E-state index contributed by atoms with van der Waals surface area (Å²) in [6.07, 6.45) is 2.70. The molecule has 3 aromatic rings. The highest BCUT2D eigenvalue weighted by Crippen LogP contribution is 2.32. The maximum absolute atomic E-state index is 13.6. The third-order valence-electron chi connectivity index (χ3n) is 6.92. The van der Waals surface area contributed by atoms with Gasteiger partial charge in [-0.2, -0.15) is 0 Å². The van der Waals surface area contributed by atoms with Gasteiger partial charge in [0.25, 0.3) is 17.6 Å². The summed E-state index contributed by atoms with van der Waals surface area (Å²) in [6.45, 7) is 1.03. The molecule has 0 bridgehead atoms. The quantitative estimate of drug-likeness (QED) is 0.243. The number of rotatable bonds is 7. The summed E-state index contributed by atoms with van der Waals surface area (Å²) < 4.78 is 24.7. The molecule has 2 amide bonds. The molecule has 1 aromatic heterocycles. The van der Waals surface area contributed by atoms with E-state index in [4.69, 9.17) is 21.1 Å². The topological polar surface area (TPSA) is 98.1 Å². The second-order valence-corrected chi connectivity index (χ2v) is 9.81. The van der Waals surface area contributed by atoms with Gasteiger partial charge in [0.1, 0.15) is 11.6 Å². The fourth-order valence-electron chi connectivity index (χ4n) is 4.82. The Morgan fingerprint density at radius 1 is 1.05 bits per heavy atom. The lowest BCUT2D eigenvalue weighted by Gasteiger charge is -2.32. The van der Waals surface area contributed by atoms with E-state index < -0.39 is 23.8 Å². The van der Waals surface area contributed by atoms with Gasteiger partial charge in [0, 0.05) is 44.8 Å². The number of amides is 2. The molecule has 4 rings (SSSR count). The van der Waals surface area contributed by atoms with E-state index in [1.807, 2.05) is 0 Å². The summed E-state index contributed by atoms with van der Waals surface area (Å²) >= 11 is 5.56. The van der Waals surface area contributed by atoms with E-state index in [0.717, 1.165) is 34.3 Å². The zero-order chi connectivity index (χ0) is 28.3. The van der Waals surface area contributed by atoms with Crippen LogP contribution >= 0.6 is 11.6 Å². The van der Waals surface area contributed by atoms with Crippen molar-refractivity contribution in [3.63, 3.8) is 0 Å². The van der Waals surface area contributed by atoms with Gasteiger partial charge in [-0.25, -0.2) is 9.18 Å². The molecular formula is C28H29ClFN3O6. The number of aromatic nitrogens is 1. The van der Waals surface area contributed by atoms with Gasteiger partial charge in [0.05, 0.1) is 23.8 Å². The number of alkyl halides is 1. The molecule has 1 aliphatic heterocycles. The molecule has 0 radical (unpaired) electrons. The number of ether oxygens (including phenoxy) is 2. The van der Waals surface area contributed by atoms with Gasteiger partial charge < -0.3 is 19.3 Å². The van der Waals surface area contributed by atoms with Crippen molar-refractivity contribution in [2.45, 2.75) is 19.3 Å². The Kier molecular flexibility index (Phi) is 8.54. The number of benzene rings is 2. The number of hydrogen-bond acceptors (Lipinski definition) is 6. The van der Waals surface area contributed by atoms with E-state index in [-0.39, 0.29) is 39.5 Å². The molecule has 39 heavy (non-hydrogen) atoms. The highest BCUT2D eigenvalue weighted by molar-refractivity contribution is 6.45.